The highest BCUT2D eigenvalue weighted by Crippen LogP contribution is 2.38. The van der Waals surface area contributed by atoms with Gasteiger partial charge in [-0.1, -0.05) is 0 Å². The maximum Gasteiger partial charge on any atom is 0.201 e. The van der Waals surface area contributed by atoms with E-state index in [9.17, 15) is 0 Å². The Morgan fingerprint density at radius 2 is 2.25 bits per heavy atom. The molecule has 5 heteroatoms. The zero-order valence-corrected chi connectivity index (χ0v) is 12.6. The van der Waals surface area contributed by atoms with Crippen molar-refractivity contribution in [1.82, 2.24) is 9.55 Å². The Kier molecular flexibility index (Phi) is 2.43. The number of nitrogens with two attached hydrogens (primary N) is 1. The van der Waals surface area contributed by atoms with Crippen LogP contribution in [0.15, 0.2) is 4.47 Å². The summed E-state index contributed by atoms with van der Waals surface area (Å²) in [5.74, 6) is 0.645. The number of hydrogen-bond donors (Lipinski definition) is 1. The number of anilines is 1. The number of aryl methyl sites for hydroxylation is 2. The first-order valence-corrected chi connectivity index (χ1v) is 7.10. The van der Waals surface area contributed by atoms with Gasteiger partial charge in [0.25, 0.3) is 0 Å². The predicted octanol–water partition coefficient (Wildman–Crippen LogP) is 3.24. The van der Waals surface area contributed by atoms with Crippen molar-refractivity contribution in [2.45, 2.75) is 26.3 Å². The molecule has 84 valence electrons. The lowest BCUT2D eigenvalue weighted by molar-refractivity contribution is 0.637. The van der Waals surface area contributed by atoms with E-state index in [4.69, 9.17) is 5.73 Å². The molecule has 0 amide bonds. The summed E-state index contributed by atoms with van der Waals surface area (Å²) in [5.41, 5.74) is 11.0. The van der Waals surface area contributed by atoms with Gasteiger partial charge in [-0.15, -0.1) is 0 Å². The zero-order chi connectivity index (χ0) is 11.4. The Morgan fingerprint density at radius 1 is 1.50 bits per heavy atom. The van der Waals surface area contributed by atoms with Gasteiger partial charge in [-0.3, -0.25) is 0 Å². The second-order valence-corrected chi connectivity index (χ2v) is 6.03. The molecule has 0 bridgehead atoms. The Labute approximate surface area is 116 Å². The average molecular weight is 392 g/mol. The number of halogens is 2. The van der Waals surface area contributed by atoms with E-state index in [-0.39, 0.29) is 0 Å². The van der Waals surface area contributed by atoms with E-state index in [2.05, 4.69) is 55.0 Å². The molecule has 0 radical (unpaired) electrons. The average Bonchev–Trinajstić information content (AvgIpc) is 2.63. The van der Waals surface area contributed by atoms with E-state index in [0.717, 1.165) is 24.9 Å². The maximum atomic E-state index is 5.97. The lowest BCUT2D eigenvalue weighted by atomic mass is 9.99. The van der Waals surface area contributed by atoms with Crippen LogP contribution in [-0.4, -0.2) is 9.55 Å². The Bertz CT molecular complexity index is 603. The number of imidazole rings is 1. The van der Waals surface area contributed by atoms with Gasteiger partial charge >= 0.3 is 0 Å². The SMILES string of the molecule is Cc1c(Br)c(I)c2nc(N)n3c2c1CCC3. The molecular weight excluding hydrogens is 381 g/mol. The van der Waals surface area contributed by atoms with Crippen LogP contribution in [0.2, 0.25) is 0 Å². The van der Waals surface area contributed by atoms with Gasteiger partial charge in [0.1, 0.15) is 5.52 Å². The highest BCUT2D eigenvalue weighted by Gasteiger charge is 2.22. The molecule has 1 aromatic heterocycles. The van der Waals surface area contributed by atoms with E-state index < -0.39 is 0 Å². The van der Waals surface area contributed by atoms with Gasteiger partial charge in [-0.05, 0) is 69.4 Å². The van der Waals surface area contributed by atoms with Crippen molar-refractivity contribution in [2.75, 3.05) is 5.73 Å². The van der Waals surface area contributed by atoms with Crippen molar-refractivity contribution in [3.8, 4) is 0 Å². The van der Waals surface area contributed by atoms with E-state index in [1.54, 1.807) is 0 Å². The van der Waals surface area contributed by atoms with Gasteiger partial charge in [-0.25, -0.2) is 4.98 Å². The topological polar surface area (TPSA) is 43.8 Å². The van der Waals surface area contributed by atoms with Crippen LogP contribution < -0.4 is 5.73 Å². The highest BCUT2D eigenvalue weighted by atomic mass is 127. The smallest absolute Gasteiger partial charge is 0.201 e. The maximum absolute atomic E-state index is 5.97. The summed E-state index contributed by atoms with van der Waals surface area (Å²) in [6.07, 6.45) is 2.28. The van der Waals surface area contributed by atoms with Gasteiger partial charge in [0.15, 0.2) is 0 Å². The van der Waals surface area contributed by atoms with E-state index >= 15 is 0 Å². The fourth-order valence-corrected chi connectivity index (χ4v) is 3.66. The fraction of sp³-hybridized carbons (Fsp3) is 0.364. The van der Waals surface area contributed by atoms with Gasteiger partial charge < -0.3 is 10.3 Å². The van der Waals surface area contributed by atoms with Crippen molar-refractivity contribution in [3.63, 3.8) is 0 Å². The first-order chi connectivity index (χ1) is 7.61. The number of aromatic nitrogens is 2. The molecule has 2 N–H and O–H groups in total. The lowest BCUT2D eigenvalue weighted by Crippen LogP contribution is -2.11. The quantitative estimate of drug-likeness (QED) is 0.700. The third-order valence-electron chi connectivity index (χ3n) is 3.27. The molecule has 0 fully saturated rings. The number of nitrogen functional groups attached to an aromatic ring is 1. The first-order valence-electron chi connectivity index (χ1n) is 5.23. The summed E-state index contributed by atoms with van der Waals surface area (Å²) in [5, 5.41) is 0. The molecule has 0 saturated carbocycles. The summed E-state index contributed by atoms with van der Waals surface area (Å²) in [4.78, 5) is 4.49. The summed E-state index contributed by atoms with van der Waals surface area (Å²) in [6, 6.07) is 0. The molecule has 2 aromatic rings. The predicted molar refractivity (Wildman–Crippen MR) is 77.6 cm³/mol. The minimum Gasteiger partial charge on any atom is -0.369 e. The minimum atomic E-state index is 0.645. The van der Waals surface area contributed by atoms with Crippen LogP contribution in [0.5, 0.6) is 0 Å². The Balaban J connectivity index is 2.57. The monoisotopic (exact) mass is 391 g/mol. The Morgan fingerprint density at radius 3 is 3.00 bits per heavy atom. The summed E-state index contributed by atoms with van der Waals surface area (Å²) in [6.45, 7) is 3.16. The third kappa shape index (κ3) is 1.27. The molecular formula is C11H11BrIN3. The standard InChI is InChI=1S/C11H11BrIN3/c1-5-6-3-2-4-16-10(6)9(15-11(16)14)8(13)7(5)12/h2-4H2,1H3,(H2,14,15). The second-order valence-electron chi connectivity index (χ2n) is 4.15. The summed E-state index contributed by atoms with van der Waals surface area (Å²) >= 11 is 5.99. The van der Waals surface area contributed by atoms with Crippen LogP contribution in [-0.2, 0) is 13.0 Å². The van der Waals surface area contributed by atoms with Gasteiger partial charge in [-0.2, -0.15) is 0 Å². The number of benzene rings is 1. The van der Waals surface area contributed by atoms with E-state index in [0.29, 0.717) is 5.95 Å². The molecule has 0 atom stereocenters. The molecule has 1 aliphatic rings. The lowest BCUT2D eigenvalue weighted by Gasteiger charge is -2.19. The number of rotatable bonds is 0. The number of nitrogens with zero attached hydrogens (tertiary/aromatic N) is 2. The molecule has 3 nitrogen and oxygen atoms in total. The third-order valence-corrected chi connectivity index (χ3v) is 6.06. The molecule has 1 aliphatic heterocycles. The highest BCUT2D eigenvalue weighted by molar-refractivity contribution is 14.1. The molecule has 0 aliphatic carbocycles. The van der Waals surface area contributed by atoms with Crippen molar-refractivity contribution in [1.29, 1.82) is 0 Å². The Hall–Kier alpha value is -0.300. The van der Waals surface area contributed by atoms with Crippen LogP contribution in [0.3, 0.4) is 0 Å². The molecule has 0 unspecified atom stereocenters. The molecule has 0 saturated heterocycles. The second kappa shape index (κ2) is 3.60. The van der Waals surface area contributed by atoms with Gasteiger partial charge in [0.05, 0.1) is 9.09 Å². The van der Waals surface area contributed by atoms with Crippen molar-refractivity contribution in [3.05, 3.63) is 19.2 Å². The van der Waals surface area contributed by atoms with Crippen LogP contribution in [0.4, 0.5) is 5.95 Å². The largest absolute Gasteiger partial charge is 0.369 e. The normalized spacial score (nSPS) is 14.7. The zero-order valence-electron chi connectivity index (χ0n) is 8.85. The molecule has 3 rings (SSSR count). The van der Waals surface area contributed by atoms with Crippen molar-refractivity contribution >= 4 is 55.5 Å². The molecule has 16 heavy (non-hydrogen) atoms. The molecule has 2 heterocycles. The first kappa shape index (κ1) is 10.8. The minimum absolute atomic E-state index is 0.645. The van der Waals surface area contributed by atoms with Crippen molar-refractivity contribution < 1.29 is 0 Å². The summed E-state index contributed by atoms with van der Waals surface area (Å²) in [7, 11) is 0. The van der Waals surface area contributed by atoms with Gasteiger partial charge in [0, 0.05) is 11.0 Å². The van der Waals surface area contributed by atoms with Crippen LogP contribution in [0.1, 0.15) is 17.5 Å². The molecule has 1 aromatic carbocycles. The number of hydrogen-bond acceptors (Lipinski definition) is 2. The van der Waals surface area contributed by atoms with E-state index in [1.807, 2.05) is 0 Å². The van der Waals surface area contributed by atoms with Crippen molar-refractivity contribution in [2.24, 2.45) is 0 Å². The van der Waals surface area contributed by atoms with E-state index in [1.165, 1.54) is 24.7 Å². The summed E-state index contributed by atoms with van der Waals surface area (Å²) < 4.78 is 4.49. The van der Waals surface area contributed by atoms with Crippen LogP contribution in [0.25, 0.3) is 11.0 Å². The van der Waals surface area contributed by atoms with Gasteiger partial charge in [0.2, 0.25) is 5.95 Å². The fourth-order valence-electron chi connectivity index (χ4n) is 2.45. The van der Waals surface area contributed by atoms with Crippen LogP contribution in [0, 0.1) is 10.5 Å². The van der Waals surface area contributed by atoms with Crippen LogP contribution >= 0.6 is 38.5 Å². The molecule has 0 spiro atoms.